The number of hydrogen-bond acceptors (Lipinski definition) is 3. The van der Waals surface area contributed by atoms with E-state index in [1.807, 2.05) is 17.9 Å². The third-order valence-electron chi connectivity index (χ3n) is 3.16. The molecule has 0 bridgehead atoms. The van der Waals surface area contributed by atoms with Crippen molar-refractivity contribution in [2.75, 3.05) is 26.2 Å². The summed E-state index contributed by atoms with van der Waals surface area (Å²) in [6.07, 6.45) is 4.34. The van der Waals surface area contributed by atoms with Gasteiger partial charge in [0.2, 0.25) is 0 Å². The summed E-state index contributed by atoms with van der Waals surface area (Å²) in [6, 6.07) is 2.12. The van der Waals surface area contributed by atoms with Crippen LogP contribution in [-0.2, 0) is 7.05 Å². The van der Waals surface area contributed by atoms with Gasteiger partial charge in [-0.05, 0) is 32.0 Å². The first kappa shape index (κ1) is 10.6. The molecule has 2 rings (SSSR count). The molecular weight excluding hydrogens is 190 g/mol. The van der Waals surface area contributed by atoms with E-state index in [1.54, 1.807) is 0 Å². The van der Waals surface area contributed by atoms with Gasteiger partial charge in [0, 0.05) is 25.7 Å². The third kappa shape index (κ3) is 2.58. The van der Waals surface area contributed by atoms with Crippen LogP contribution in [0.2, 0.25) is 0 Å². The Morgan fingerprint density at radius 3 is 2.73 bits per heavy atom. The number of aromatic nitrogens is 2. The molecule has 0 radical (unpaired) electrons. The summed E-state index contributed by atoms with van der Waals surface area (Å²) in [5.41, 5.74) is 1.22. The predicted octanol–water partition coefficient (Wildman–Crippen LogP) is 0.592. The molecule has 0 aromatic carbocycles. The summed E-state index contributed by atoms with van der Waals surface area (Å²) in [7, 11) is 1.96. The maximum atomic E-state index is 8.85. The van der Waals surface area contributed by atoms with Crippen molar-refractivity contribution in [3.05, 3.63) is 18.0 Å². The highest BCUT2D eigenvalue weighted by Gasteiger charge is 2.21. The minimum atomic E-state index is 0.272. The first-order valence-electron chi connectivity index (χ1n) is 5.62. The van der Waals surface area contributed by atoms with Crippen LogP contribution < -0.4 is 0 Å². The average Bonchev–Trinajstić information content (AvgIpc) is 2.67. The number of piperidine rings is 1. The Labute approximate surface area is 90.5 Å². The average molecular weight is 209 g/mol. The van der Waals surface area contributed by atoms with Gasteiger partial charge in [-0.2, -0.15) is 5.10 Å². The van der Waals surface area contributed by atoms with Crippen molar-refractivity contribution in [3.8, 4) is 0 Å². The number of aryl methyl sites for hydroxylation is 1. The number of hydrogen-bond donors (Lipinski definition) is 1. The van der Waals surface area contributed by atoms with Gasteiger partial charge in [-0.3, -0.25) is 4.68 Å². The fourth-order valence-corrected chi connectivity index (χ4v) is 2.24. The van der Waals surface area contributed by atoms with Crippen LogP contribution in [0.4, 0.5) is 0 Å². The van der Waals surface area contributed by atoms with Gasteiger partial charge in [0.05, 0.1) is 12.3 Å². The molecule has 1 aromatic rings. The van der Waals surface area contributed by atoms with Gasteiger partial charge < -0.3 is 10.0 Å². The molecular formula is C11H19N3O. The van der Waals surface area contributed by atoms with E-state index in [0.717, 1.165) is 32.5 Å². The maximum absolute atomic E-state index is 8.85. The Hall–Kier alpha value is -0.870. The number of likely N-dealkylation sites (tertiary alicyclic amines) is 1. The van der Waals surface area contributed by atoms with Gasteiger partial charge in [0.1, 0.15) is 0 Å². The van der Waals surface area contributed by atoms with E-state index in [4.69, 9.17) is 5.11 Å². The normalized spacial score (nSPS) is 19.6. The van der Waals surface area contributed by atoms with Gasteiger partial charge >= 0.3 is 0 Å². The quantitative estimate of drug-likeness (QED) is 0.792. The van der Waals surface area contributed by atoms with E-state index in [2.05, 4.69) is 16.1 Å². The van der Waals surface area contributed by atoms with Crippen LogP contribution in [0, 0.1) is 0 Å². The lowest BCUT2D eigenvalue weighted by Gasteiger charge is -2.30. The standard InChI is InChI=1S/C11H19N3O/c1-13-5-4-11(12-13)10-2-6-14(7-3-10)8-9-15/h4-5,10,15H,2-3,6-9H2,1H3. The number of nitrogens with zero attached hydrogens (tertiary/aromatic N) is 3. The second-order valence-electron chi connectivity index (χ2n) is 4.25. The number of aliphatic hydroxyl groups is 1. The maximum Gasteiger partial charge on any atom is 0.0656 e. The Kier molecular flexibility index (Phi) is 3.38. The van der Waals surface area contributed by atoms with Crippen molar-refractivity contribution < 1.29 is 5.11 Å². The van der Waals surface area contributed by atoms with Crippen LogP contribution in [-0.4, -0.2) is 46.0 Å². The lowest BCUT2D eigenvalue weighted by Crippen LogP contribution is -2.35. The first-order valence-corrected chi connectivity index (χ1v) is 5.62. The molecule has 1 aromatic heterocycles. The molecule has 1 fully saturated rings. The summed E-state index contributed by atoms with van der Waals surface area (Å²) in [4.78, 5) is 2.32. The molecule has 15 heavy (non-hydrogen) atoms. The molecule has 0 atom stereocenters. The van der Waals surface area contributed by atoms with E-state index in [-0.39, 0.29) is 6.61 Å². The van der Waals surface area contributed by atoms with Crippen molar-refractivity contribution in [2.45, 2.75) is 18.8 Å². The lowest BCUT2D eigenvalue weighted by molar-refractivity contribution is 0.163. The zero-order valence-electron chi connectivity index (χ0n) is 9.26. The molecule has 84 valence electrons. The number of rotatable bonds is 3. The van der Waals surface area contributed by atoms with E-state index in [9.17, 15) is 0 Å². The molecule has 0 amide bonds. The summed E-state index contributed by atoms with van der Waals surface area (Å²) >= 11 is 0. The smallest absolute Gasteiger partial charge is 0.0656 e. The molecule has 0 spiro atoms. The molecule has 1 N–H and O–H groups in total. The van der Waals surface area contributed by atoms with Gasteiger partial charge in [-0.25, -0.2) is 0 Å². The van der Waals surface area contributed by atoms with Crippen molar-refractivity contribution in [2.24, 2.45) is 7.05 Å². The first-order chi connectivity index (χ1) is 7.29. The van der Waals surface area contributed by atoms with Gasteiger partial charge in [0.15, 0.2) is 0 Å². The summed E-state index contributed by atoms with van der Waals surface area (Å²) < 4.78 is 1.87. The Balaban J connectivity index is 1.88. The predicted molar refractivity (Wildman–Crippen MR) is 58.7 cm³/mol. The van der Waals surface area contributed by atoms with Crippen LogP contribution in [0.5, 0.6) is 0 Å². The number of β-amino-alcohol motifs (C(OH)–C–C–N with tert-alkyl or cyclic N) is 1. The highest BCUT2D eigenvalue weighted by molar-refractivity contribution is 5.07. The highest BCUT2D eigenvalue weighted by atomic mass is 16.3. The molecule has 4 heteroatoms. The van der Waals surface area contributed by atoms with Gasteiger partial charge in [0.25, 0.3) is 0 Å². The third-order valence-corrected chi connectivity index (χ3v) is 3.16. The fourth-order valence-electron chi connectivity index (χ4n) is 2.24. The van der Waals surface area contributed by atoms with Crippen molar-refractivity contribution >= 4 is 0 Å². The molecule has 1 aliphatic heterocycles. The largest absolute Gasteiger partial charge is 0.395 e. The molecule has 0 aliphatic carbocycles. The van der Waals surface area contributed by atoms with E-state index >= 15 is 0 Å². The molecule has 1 aliphatic rings. The minimum Gasteiger partial charge on any atom is -0.395 e. The Bertz CT molecular complexity index is 303. The number of aliphatic hydroxyl groups excluding tert-OH is 1. The summed E-state index contributed by atoms with van der Waals surface area (Å²) in [5.74, 6) is 0.612. The van der Waals surface area contributed by atoms with Gasteiger partial charge in [-0.1, -0.05) is 0 Å². The second kappa shape index (κ2) is 4.77. The molecule has 4 nitrogen and oxygen atoms in total. The van der Waals surface area contributed by atoms with E-state index in [0.29, 0.717) is 5.92 Å². The lowest BCUT2D eigenvalue weighted by atomic mass is 9.94. The van der Waals surface area contributed by atoms with Crippen molar-refractivity contribution in [1.29, 1.82) is 0 Å². The zero-order valence-corrected chi connectivity index (χ0v) is 9.26. The van der Waals surface area contributed by atoms with E-state index < -0.39 is 0 Å². The van der Waals surface area contributed by atoms with Crippen LogP contribution in [0.3, 0.4) is 0 Å². The van der Waals surface area contributed by atoms with Crippen LogP contribution in [0.15, 0.2) is 12.3 Å². The van der Waals surface area contributed by atoms with Crippen molar-refractivity contribution in [3.63, 3.8) is 0 Å². The zero-order chi connectivity index (χ0) is 10.7. The SMILES string of the molecule is Cn1ccc(C2CCN(CCO)CC2)n1. The summed E-state index contributed by atoms with van der Waals surface area (Å²) in [5, 5.41) is 13.3. The molecule has 1 saturated heterocycles. The summed E-state index contributed by atoms with van der Waals surface area (Å²) in [6.45, 7) is 3.26. The van der Waals surface area contributed by atoms with E-state index in [1.165, 1.54) is 5.69 Å². The molecule has 0 unspecified atom stereocenters. The minimum absolute atomic E-state index is 0.272. The second-order valence-corrected chi connectivity index (χ2v) is 4.25. The monoisotopic (exact) mass is 209 g/mol. The van der Waals surface area contributed by atoms with Gasteiger partial charge in [-0.15, -0.1) is 0 Å². The fraction of sp³-hybridized carbons (Fsp3) is 0.727. The van der Waals surface area contributed by atoms with Crippen LogP contribution in [0.25, 0.3) is 0 Å². The molecule has 0 saturated carbocycles. The van der Waals surface area contributed by atoms with Crippen LogP contribution >= 0.6 is 0 Å². The highest BCUT2D eigenvalue weighted by Crippen LogP contribution is 2.26. The Morgan fingerprint density at radius 2 is 2.20 bits per heavy atom. The van der Waals surface area contributed by atoms with Crippen LogP contribution in [0.1, 0.15) is 24.5 Å². The topological polar surface area (TPSA) is 41.3 Å². The molecule has 2 heterocycles. The van der Waals surface area contributed by atoms with Crippen molar-refractivity contribution in [1.82, 2.24) is 14.7 Å². The Morgan fingerprint density at radius 1 is 1.47 bits per heavy atom.